The van der Waals surface area contributed by atoms with Gasteiger partial charge in [0.2, 0.25) is 0 Å². The van der Waals surface area contributed by atoms with Crippen LogP contribution in [0.3, 0.4) is 0 Å². The lowest BCUT2D eigenvalue weighted by Gasteiger charge is -2.12. The first-order valence-electron chi connectivity index (χ1n) is 8.28. The van der Waals surface area contributed by atoms with E-state index in [1.807, 2.05) is 0 Å². The summed E-state index contributed by atoms with van der Waals surface area (Å²) in [6, 6.07) is 10.3. The van der Waals surface area contributed by atoms with Crippen LogP contribution in [-0.2, 0) is 6.18 Å². The molecule has 0 aliphatic rings. The summed E-state index contributed by atoms with van der Waals surface area (Å²) in [5.74, 6) is -1.60. The Hall–Kier alpha value is -3.82. The maximum Gasteiger partial charge on any atom is 0.417 e. The summed E-state index contributed by atoms with van der Waals surface area (Å²) in [5, 5.41) is 6.59. The van der Waals surface area contributed by atoms with Gasteiger partial charge in [0, 0.05) is 11.8 Å². The number of fused-ring (bicyclic) bond motifs is 1. The average molecular weight is 401 g/mol. The third-order valence-electron chi connectivity index (χ3n) is 4.09. The molecule has 0 radical (unpaired) electrons. The maximum atomic E-state index is 13.8. The fourth-order valence-corrected chi connectivity index (χ4v) is 2.78. The number of hydrogen-bond donors (Lipinski definition) is 1. The summed E-state index contributed by atoms with van der Waals surface area (Å²) in [7, 11) is 0. The van der Waals surface area contributed by atoms with E-state index >= 15 is 0 Å². The van der Waals surface area contributed by atoms with Crippen molar-refractivity contribution in [2.75, 3.05) is 5.32 Å². The number of halogens is 4. The second kappa shape index (κ2) is 6.97. The molecule has 1 N–H and O–H groups in total. The molecule has 146 valence electrons. The molecule has 0 aliphatic carbocycles. The van der Waals surface area contributed by atoms with Crippen molar-refractivity contribution in [2.45, 2.75) is 6.18 Å². The number of anilines is 1. The van der Waals surface area contributed by atoms with E-state index in [9.17, 15) is 22.4 Å². The highest BCUT2D eigenvalue weighted by molar-refractivity contribution is 6.02. The highest BCUT2D eigenvalue weighted by Crippen LogP contribution is 2.36. The molecule has 0 atom stereocenters. The average Bonchev–Trinajstić information content (AvgIpc) is 3.09. The van der Waals surface area contributed by atoms with Crippen molar-refractivity contribution in [3.8, 4) is 11.3 Å². The third kappa shape index (κ3) is 3.51. The van der Waals surface area contributed by atoms with Crippen LogP contribution in [0.2, 0.25) is 0 Å². The van der Waals surface area contributed by atoms with Gasteiger partial charge in [0.25, 0.3) is 5.91 Å². The molecule has 3 heterocycles. The Morgan fingerprint density at radius 3 is 2.55 bits per heavy atom. The fraction of sp³-hybridized carbons (Fsp3) is 0.0526. The minimum absolute atomic E-state index is 0.0305. The van der Waals surface area contributed by atoms with Crippen molar-refractivity contribution in [2.24, 2.45) is 0 Å². The third-order valence-corrected chi connectivity index (χ3v) is 4.09. The Morgan fingerprint density at radius 1 is 1.00 bits per heavy atom. The maximum absolute atomic E-state index is 13.8. The molecular weight excluding hydrogens is 390 g/mol. The molecule has 1 amide bonds. The largest absolute Gasteiger partial charge is 0.417 e. The molecule has 0 saturated carbocycles. The first-order chi connectivity index (χ1) is 13.8. The summed E-state index contributed by atoms with van der Waals surface area (Å²) < 4.78 is 54.9. The molecule has 0 saturated heterocycles. The van der Waals surface area contributed by atoms with Crippen LogP contribution < -0.4 is 5.32 Å². The van der Waals surface area contributed by atoms with Gasteiger partial charge in [0.05, 0.1) is 17.5 Å². The molecule has 4 aromatic rings. The number of benzene rings is 1. The normalized spacial score (nSPS) is 11.6. The van der Waals surface area contributed by atoms with Crippen LogP contribution in [0.1, 0.15) is 16.1 Å². The zero-order valence-electron chi connectivity index (χ0n) is 14.5. The number of carbonyl (C=O) groups excluding carboxylic acids is 1. The van der Waals surface area contributed by atoms with Gasteiger partial charge in [-0.1, -0.05) is 18.2 Å². The Bertz CT molecular complexity index is 1220. The number of amides is 1. The number of nitrogens with one attached hydrogen (secondary N) is 1. The van der Waals surface area contributed by atoms with E-state index in [1.165, 1.54) is 53.3 Å². The number of imidazole rings is 1. The van der Waals surface area contributed by atoms with Gasteiger partial charge in [0.1, 0.15) is 0 Å². The van der Waals surface area contributed by atoms with E-state index in [1.54, 1.807) is 0 Å². The zero-order valence-corrected chi connectivity index (χ0v) is 14.5. The summed E-state index contributed by atoms with van der Waals surface area (Å²) in [5.41, 5.74) is -1.07. The van der Waals surface area contributed by atoms with E-state index in [-0.39, 0.29) is 22.7 Å². The number of alkyl halides is 3. The first kappa shape index (κ1) is 18.5. The van der Waals surface area contributed by atoms with Crippen molar-refractivity contribution in [1.29, 1.82) is 0 Å². The number of hydrogen-bond acceptors (Lipinski definition) is 4. The minimum Gasteiger partial charge on any atom is -0.304 e. The van der Waals surface area contributed by atoms with Crippen LogP contribution in [0, 0.1) is 5.82 Å². The molecule has 0 aliphatic heterocycles. The Labute approximate surface area is 160 Å². The van der Waals surface area contributed by atoms with E-state index < -0.39 is 29.2 Å². The lowest BCUT2D eigenvalue weighted by atomic mass is 10.0. The number of carbonyl (C=O) groups is 1. The van der Waals surface area contributed by atoms with Gasteiger partial charge in [-0.05, 0) is 30.3 Å². The van der Waals surface area contributed by atoms with E-state index in [0.29, 0.717) is 0 Å². The van der Waals surface area contributed by atoms with Crippen molar-refractivity contribution in [3.63, 3.8) is 0 Å². The molecule has 0 fully saturated rings. The molecule has 29 heavy (non-hydrogen) atoms. The topological polar surface area (TPSA) is 72.2 Å². The number of rotatable bonds is 3. The van der Waals surface area contributed by atoms with Crippen LogP contribution in [0.5, 0.6) is 0 Å². The van der Waals surface area contributed by atoms with Crippen LogP contribution in [0.25, 0.3) is 16.9 Å². The lowest BCUT2D eigenvalue weighted by molar-refractivity contribution is -0.137. The second-order valence-electron chi connectivity index (χ2n) is 5.96. The van der Waals surface area contributed by atoms with E-state index in [0.717, 1.165) is 12.1 Å². The second-order valence-corrected chi connectivity index (χ2v) is 5.96. The molecule has 3 aromatic heterocycles. The predicted octanol–water partition coefficient (Wildman–Crippen LogP) is 4.20. The Balaban J connectivity index is 1.75. The van der Waals surface area contributed by atoms with Crippen molar-refractivity contribution >= 4 is 17.4 Å². The highest BCUT2D eigenvalue weighted by Gasteiger charge is 2.33. The predicted molar refractivity (Wildman–Crippen MR) is 95.6 cm³/mol. The van der Waals surface area contributed by atoms with Gasteiger partial charge in [-0.2, -0.15) is 22.8 Å². The molecule has 4 rings (SSSR count). The van der Waals surface area contributed by atoms with Gasteiger partial charge < -0.3 is 5.32 Å². The monoisotopic (exact) mass is 401 g/mol. The van der Waals surface area contributed by atoms with Crippen molar-refractivity contribution in [1.82, 2.24) is 19.6 Å². The summed E-state index contributed by atoms with van der Waals surface area (Å²) in [6.07, 6.45) is -2.03. The van der Waals surface area contributed by atoms with Crippen molar-refractivity contribution < 1.29 is 22.4 Å². The number of aromatic nitrogens is 4. The summed E-state index contributed by atoms with van der Waals surface area (Å²) >= 11 is 0. The summed E-state index contributed by atoms with van der Waals surface area (Å²) in [4.78, 5) is 20.0. The Kier molecular flexibility index (Phi) is 4.45. The minimum atomic E-state index is -4.56. The molecular formula is C19H11F4N5O. The molecule has 0 spiro atoms. The fourth-order valence-electron chi connectivity index (χ4n) is 2.78. The van der Waals surface area contributed by atoms with Crippen molar-refractivity contribution in [3.05, 3.63) is 78.0 Å². The molecule has 0 bridgehead atoms. The Morgan fingerprint density at radius 2 is 1.79 bits per heavy atom. The van der Waals surface area contributed by atoms with Crippen LogP contribution >= 0.6 is 0 Å². The van der Waals surface area contributed by atoms with E-state index in [4.69, 9.17) is 0 Å². The number of nitrogens with zero attached hydrogens (tertiary/aromatic N) is 4. The smallest absolute Gasteiger partial charge is 0.304 e. The van der Waals surface area contributed by atoms with Crippen LogP contribution in [0.15, 0.2) is 60.9 Å². The van der Waals surface area contributed by atoms with Crippen LogP contribution in [-0.4, -0.2) is 25.5 Å². The molecule has 0 unspecified atom stereocenters. The zero-order chi connectivity index (χ0) is 20.6. The summed E-state index contributed by atoms with van der Waals surface area (Å²) in [6.45, 7) is 0. The van der Waals surface area contributed by atoms with Gasteiger partial charge in [-0.3, -0.25) is 4.79 Å². The molecule has 1 aromatic carbocycles. The quantitative estimate of drug-likeness (QED) is 0.523. The molecule has 6 nitrogen and oxygen atoms in total. The lowest BCUT2D eigenvalue weighted by Crippen LogP contribution is -2.17. The van der Waals surface area contributed by atoms with E-state index in [2.05, 4.69) is 20.4 Å². The van der Waals surface area contributed by atoms with Gasteiger partial charge in [-0.15, -0.1) is 0 Å². The van der Waals surface area contributed by atoms with Gasteiger partial charge in [0.15, 0.2) is 23.0 Å². The number of pyridine rings is 1. The highest BCUT2D eigenvalue weighted by atomic mass is 19.4. The first-order valence-corrected chi connectivity index (χ1v) is 8.28. The van der Waals surface area contributed by atoms with Gasteiger partial charge >= 0.3 is 6.18 Å². The molecule has 10 heteroatoms. The SMILES string of the molecule is O=C(Nc1cnc2ccc(-c3ccccc3C(F)(F)F)nn12)c1ncccc1F. The standard InChI is InChI=1S/C19H11F4N5O/c20-13-6-3-9-24-17(13)18(29)26-16-10-25-15-8-7-14(27-28(15)16)11-4-1-2-5-12(11)19(21,22)23/h1-10H,(H,26,29). The van der Waals surface area contributed by atoms with Gasteiger partial charge in [-0.25, -0.2) is 14.4 Å². The van der Waals surface area contributed by atoms with Crippen LogP contribution in [0.4, 0.5) is 23.4 Å².